The Morgan fingerprint density at radius 3 is 3.17 bits per heavy atom. The molecule has 0 bridgehead atoms. The van der Waals surface area contributed by atoms with Gasteiger partial charge in [-0.1, -0.05) is 11.3 Å². The molecule has 0 saturated carbocycles. The summed E-state index contributed by atoms with van der Waals surface area (Å²) in [5.74, 6) is -0.918. The molecule has 0 aliphatic heterocycles. The highest BCUT2D eigenvalue weighted by atomic mass is 32.1. The highest BCUT2D eigenvalue weighted by Crippen LogP contribution is 2.28. The van der Waals surface area contributed by atoms with Crippen LogP contribution in [0.2, 0.25) is 0 Å². The number of rotatable bonds is 1. The summed E-state index contributed by atoms with van der Waals surface area (Å²) in [5, 5.41) is 21.1. The van der Waals surface area contributed by atoms with Gasteiger partial charge in [0.2, 0.25) is 0 Å². The zero-order valence-corrected chi connectivity index (χ0v) is 6.48. The normalized spacial score (nSPS) is 10.7. The van der Waals surface area contributed by atoms with Gasteiger partial charge in [-0.15, -0.1) is 0 Å². The molecule has 0 aromatic carbocycles. The molecule has 6 nitrogen and oxygen atoms in total. The summed E-state index contributed by atoms with van der Waals surface area (Å²) < 4.78 is 1.24. The third-order valence-electron chi connectivity index (χ3n) is 1.39. The lowest BCUT2D eigenvalue weighted by atomic mass is 10.7. The molecule has 1 N–H and O–H groups in total. The van der Waals surface area contributed by atoms with Gasteiger partial charge in [0, 0.05) is 5.38 Å². The highest BCUT2D eigenvalue weighted by molar-refractivity contribution is 7.15. The molecule has 0 aliphatic carbocycles. The fraction of sp³-hybridized carbons (Fsp3) is 0. The fourth-order valence-corrected chi connectivity index (χ4v) is 1.64. The largest absolute Gasteiger partial charge is 0.487 e. The Morgan fingerprint density at radius 2 is 2.50 bits per heavy atom. The van der Waals surface area contributed by atoms with Crippen molar-refractivity contribution in [1.82, 2.24) is 9.38 Å². The molecule has 2 aromatic heterocycles. The molecule has 0 radical (unpaired) electrons. The second kappa shape index (κ2) is 2.18. The van der Waals surface area contributed by atoms with E-state index in [4.69, 9.17) is 5.11 Å². The molecule has 0 amide bonds. The van der Waals surface area contributed by atoms with E-state index in [1.54, 1.807) is 5.38 Å². The quantitative estimate of drug-likeness (QED) is 0.531. The van der Waals surface area contributed by atoms with Crippen LogP contribution in [0.3, 0.4) is 0 Å². The van der Waals surface area contributed by atoms with E-state index >= 15 is 0 Å². The van der Waals surface area contributed by atoms with Crippen LogP contribution in [0.25, 0.3) is 4.96 Å². The summed E-state index contributed by atoms with van der Waals surface area (Å²) in [6, 6.07) is 0. The first-order valence-corrected chi connectivity index (χ1v) is 3.87. The molecule has 2 aromatic rings. The first-order valence-electron chi connectivity index (χ1n) is 2.99. The van der Waals surface area contributed by atoms with Crippen LogP contribution in [-0.2, 0) is 0 Å². The average molecular weight is 185 g/mol. The maximum absolute atomic E-state index is 10.4. The SMILES string of the molecule is O=[N+]([O-])c1c(O)nc2sccn12. The number of aromatic nitrogens is 2. The Hall–Kier alpha value is -1.63. The van der Waals surface area contributed by atoms with Crippen molar-refractivity contribution < 1.29 is 10.0 Å². The van der Waals surface area contributed by atoms with E-state index in [9.17, 15) is 10.1 Å². The first-order chi connectivity index (χ1) is 5.70. The van der Waals surface area contributed by atoms with E-state index in [1.807, 2.05) is 0 Å². The number of aromatic hydroxyl groups is 1. The number of hydrogen-bond donors (Lipinski definition) is 1. The molecular weight excluding hydrogens is 182 g/mol. The van der Waals surface area contributed by atoms with Crippen molar-refractivity contribution in [2.45, 2.75) is 0 Å². The predicted octanol–water partition coefficient (Wildman–Crippen LogP) is 1.01. The second-order valence-electron chi connectivity index (χ2n) is 2.07. The number of fused-ring (bicyclic) bond motifs is 1. The van der Waals surface area contributed by atoms with Crippen LogP contribution in [0.4, 0.5) is 5.82 Å². The van der Waals surface area contributed by atoms with Gasteiger partial charge in [-0.2, -0.15) is 9.38 Å². The number of nitro groups is 1. The van der Waals surface area contributed by atoms with Crippen LogP contribution in [0.5, 0.6) is 5.88 Å². The maximum Gasteiger partial charge on any atom is 0.392 e. The molecule has 0 spiro atoms. The van der Waals surface area contributed by atoms with Crippen molar-refractivity contribution >= 4 is 22.1 Å². The lowest BCUT2D eigenvalue weighted by Crippen LogP contribution is -1.91. The zero-order valence-electron chi connectivity index (χ0n) is 5.67. The van der Waals surface area contributed by atoms with Crippen LogP contribution in [-0.4, -0.2) is 19.4 Å². The van der Waals surface area contributed by atoms with Crippen LogP contribution in [0, 0.1) is 10.1 Å². The van der Waals surface area contributed by atoms with Crippen molar-refractivity contribution in [3.8, 4) is 5.88 Å². The molecule has 62 valence electrons. The van der Waals surface area contributed by atoms with Crippen molar-refractivity contribution in [2.24, 2.45) is 0 Å². The summed E-state index contributed by atoms with van der Waals surface area (Å²) in [6.45, 7) is 0. The van der Waals surface area contributed by atoms with Crippen molar-refractivity contribution in [3.05, 3.63) is 21.7 Å². The highest BCUT2D eigenvalue weighted by Gasteiger charge is 2.22. The lowest BCUT2D eigenvalue weighted by Gasteiger charge is -1.89. The molecule has 0 atom stereocenters. The van der Waals surface area contributed by atoms with E-state index in [-0.39, 0.29) is 5.82 Å². The third kappa shape index (κ3) is 0.766. The Morgan fingerprint density at radius 1 is 1.75 bits per heavy atom. The van der Waals surface area contributed by atoms with Gasteiger partial charge in [-0.25, -0.2) is 0 Å². The smallest absolute Gasteiger partial charge is 0.392 e. The van der Waals surface area contributed by atoms with Crippen molar-refractivity contribution in [3.63, 3.8) is 0 Å². The van der Waals surface area contributed by atoms with Gasteiger partial charge in [-0.05, 0) is 4.92 Å². The van der Waals surface area contributed by atoms with Crippen molar-refractivity contribution in [2.75, 3.05) is 0 Å². The monoisotopic (exact) mass is 185 g/mol. The molecule has 12 heavy (non-hydrogen) atoms. The van der Waals surface area contributed by atoms with Crippen LogP contribution >= 0.6 is 11.3 Å². The number of hydrogen-bond acceptors (Lipinski definition) is 5. The molecule has 2 heterocycles. The zero-order chi connectivity index (χ0) is 8.72. The Labute approximate surface area is 69.9 Å². The average Bonchev–Trinajstić information content (AvgIpc) is 2.44. The summed E-state index contributed by atoms with van der Waals surface area (Å²) in [7, 11) is 0. The van der Waals surface area contributed by atoms with E-state index in [0.29, 0.717) is 4.96 Å². The number of nitrogens with zero attached hydrogens (tertiary/aromatic N) is 3. The molecule has 2 rings (SSSR count). The van der Waals surface area contributed by atoms with Gasteiger partial charge in [0.15, 0.2) is 0 Å². The first kappa shape index (κ1) is 7.04. The topological polar surface area (TPSA) is 80.7 Å². The fourth-order valence-electron chi connectivity index (χ4n) is 0.932. The van der Waals surface area contributed by atoms with E-state index in [0.717, 1.165) is 0 Å². The summed E-state index contributed by atoms with van der Waals surface area (Å²) >= 11 is 1.23. The van der Waals surface area contributed by atoms with E-state index in [2.05, 4.69) is 4.98 Å². The molecular formula is C5H3N3O3S. The van der Waals surface area contributed by atoms with Crippen LogP contribution in [0.1, 0.15) is 0 Å². The van der Waals surface area contributed by atoms with Gasteiger partial charge in [0.05, 0.1) is 0 Å². The number of imidazole rings is 1. The lowest BCUT2D eigenvalue weighted by molar-refractivity contribution is -0.391. The second-order valence-corrected chi connectivity index (χ2v) is 2.94. The Bertz CT molecular complexity index is 446. The Kier molecular flexibility index (Phi) is 1.28. The van der Waals surface area contributed by atoms with Crippen molar-refractivity contribution in [1.29, 1.82) is 0 Å². The molecule has 0 unspecified atom stereocenters. The minimum absolute atomic E-state index is 0.383. The van der Waals surface area contributed by atoms with Crippen LogP contribution in [0.15, 0.2) is 11.6 Å². The van der Waals surface area contributed by atoms with Gasteiger partial charge in [-0.3, -0.25) is 0 Å². The van der Waals surface area contributed by atoms with E-state index in [1.165, 1.54) is 21.9 Å². The molecule has 7 heteroatoms. The van der Waals surface area contributed by atoms with E-state index < -0.39 is 10.8 Å². The molecule has 0 fully saturated rings. The number of thiazole rings is 1. The van der Waals surface area contributed by atoms with Gasteiger partial charge >= 0.3 is 11.7 Å². The summed E-state index contributed by atoms with van der Waals surface area (Å²) in [5.41, 5.74) is 0. The molecule has 0 saturated heterocycles. The maximum atomic E-state index is 10.4. The third-order valence-corrected chi connectivity index (χ3v) is 2.15. The summed E-state index contributed by atoms with van der Waals surface area (Å²) in [4.78, 5) is 13.7. The standard InChI is InChI=1S/C5H3N3O3S/c9-3-4(8(10)11)7-1-2-12-5(7)6-3/h1-2,9H. The minimum Gasteiger partial charge on any atom is -0.487 e. The summed E-state index contributed by atoms with van der Waals surface area (Å²) in [6.07, 6.45) is 1.49. The van der Waals surface area contributed by atoms with Gasteiger partial charge in [0.25, 0.3) is 4.96 Å². The Balaban J connectivity index is 2.84. The van der Waals surface area contributed by atoms with Gasteiger partial charge < -0.3 is 15.2 Å². The van der Waals surface area contributed by atoms with Gasteiger partial charge in [0.1, 0.15) is 6.20 Å². The predicted molar refractivity (Wildman–Crippen MR) is 41.4 cm³/mol. The molecule has 0 aliphatic rings. The van der Waals surface area contributed by atoms with Crippen LogP contribution < -0.4 is 0 Å². The minimum atomic E-state index is -0.665.